The molecule has 2 rings (SSSR count). The molecule has 2 unspecified atom stereocenters. The minimum atomic E-state index is -0.567. The lowest BCUT2D eigenvalue weighted by Gasteiger charge is -2.13. The number of hydrogen-bond acceptors (Lipinski definition) is 3. The molecule has 1 heterocycles. The van der Waals surface area contributed by atoms with Gasteiger partial charge in [-0.05, 0) is 29.7 Å². The molecule has 1 aromatic rings. The van der Waals surface area contributed by atoms with Crippen LogP contribution in [0.1, 0.15) is 29.8 Å². The summed E-state index contributed by atoms with van der Waals surface area (Å²) in [5, 5.41) is 13.3. The Morgan fingerprint density at radius 1 is 1.56 bits per heavy atom. The van der Waals surface area contributed by atoms with Gasteiger partial charge >= 0.3 is 5.82 Å². The van der Waals surface area contributed by atoms with E-state index in [0.717, 1.165) is 19.3 Å². The van der Waals surface area contributed by atoms with Gasteiger partial charge in [0.25, 0.3) is 5.91 Å². The average molecular weight is 272 g/mol. The van der Waals surface area contributed by atoms with Gasteiger partial charge in [0.15, 0.2) is 5.69 Å². The number of alkyl halides is 1. The zero-order valence-corrected chi connectivity index (χ0v) is 10.4. The molecular weight excluding hydrogens is 258 g/mol. The van der Waals surface area contributed by atoms with Crippen LogP contribution < -0.4 is 5.32 Å². The van der Waals surface area contributed by atoms with Crippen LogP contribution in [0, 0.1) is 16.0 Å². The number of amides is 1. The molecule has 1 aromatic heterocycles. The zero-order chi connectivity index (χ0) is 13.1. The molecule has 0 bridgehead atoms. The van der Waals surface area contributed by atoms with E-state index in [1.165, 1.54) is 12.1 Å². The predicted octanol–water partition coefficient (Wildman–Crippen LogP) is 2.06. The highest BCUT2D eigenvalue weighted by Crippen LogP contribution is 2.29. The van der Waals surface area contributed by atoms with E-state index in [1.54, 1.807) is 0 Å². The molecule has 7 heteroatoms. The fourth-order valence-corrected chi connectivity index (χ4v) is 2.53. The summed E-state index contributed by atoms with van der Waals surface area (Å²) >= 11 is 6.10. The fraction of sp³-hybridized carbons (Fsp3) is 0.545. The second-order valence-electron chi connectivity index (χ2n) is 4.43. The molecule has 18 heavy (non-hydrogen) atoms. The van der Waals surface area contributed by atoms with Crippen molar-refractivity contribution in [3.63, 3.8) is 0 Å². The van der Waals surface area contributed by atoms with Gasteiger partial charge < -0.3 is 15.4 Å². The minimum Gasteiger partial charge on any atom is -0.358 e. The van der Waals surface area contributed by atoms with Crippen LogP contribution in [-0.2, 0) is 0 Å². The Morgan fingerprint density at radius 3 is 2.89 bits per heavy atom. The molecule has 1 aliphatic rings. The summed E-state index contributed by atoms with van der Waals surface area (Å²) in [4.78, 5) is 24.1. The first-order valence-electron chi connectivity index (χ1n) is 5.83. The number of carbonyl (C=O) groups excluding carboxylic acids is 1. The molecule has 0 aliphatic heterocycles. The normalized spacial score (nSPS) is 22.9. The van der Waals surface area contributed by atoms with Crippen molar-refractivity contribution >= 4 is 23.3 Å². The summed E-state index contributed by atoms with van der Waals surface area (Å²) in [6.07, 6.45) is 3.08. The number of nitrogens with one attached hydrogen (secondary N) is 2. The molecule has 2 atom stereocenters. The van der Waals surface area contributed by atoms with Gasteiger partial charge in [-0.1, -0.05) is 6.42 Å². The van der Waals surface area contributed by atoms with Gasteiger partial charge in [-0.25, -0.2) is 4.98 Å². The Hall–Kier alpha value is -1.56. The van der Waals surface area contributed by atoms with Crippen molar-refractivity contribution in [3.05, 3.63) is 27.9 Å². The number of aromatic amines is 1. The minimum absolute atomic E-state index is 0.114. The number of nitrogens with zero attached hydrogens (tertiary/aromatic N) is 1. The Morgan fingerprint density at radius 2 is 2.33 bits per heavy atom. The summed E-state index contributed by atoms with van der Waals surface area (Å²) in [7, 11) is 0. The van der Waals surface area contributed by atoms with Crippen LogP contribution >= 0.6 is 11.6 Å². The number of carbonyl (C=O) groups is 1. The molecule has 1 fully saturated rings. The maximum atomic E-state index is 11.7. The lowest BCUT2D eigenvalue weighted by Crippen LogP contribution is -2.31. The maximum absolute atomic E-state index is 11.7. The third-order valence-corrected chi connectivity index (χ3v) is 3.78. The van der Waals surface area contributed by atoms with Crippen molar-refractivity contribution in [1.29, 1.82) is 0 Å². The van der Waals surface area contributed by atoms with E-state index in [4.69, 9.17) is 11.6 Å². The summed E-state index contributed by atoms with van der Waals surface area (Å²) in [5.41, 5.74) is 0.200. The van der Waals surface area contributed by atoms with Gasteiger partial charge in [-0.3, -0.25) is 4.79 Å². The summed E-state index contributed by atoms with van der Waals surface area (Å²) in [5.74, 6) is -0.226. The van der Waals surface area contributed by atoms with Crippen LogP contribution in [-0.4, -0.2) is 27.7 Å². The van der Waals surface area contributed by atoms with Crippen molar-refractivity contribution < 1.29 is 9.72 Å². The monoisotopic (exact) mass is 271 g/mol. The third kappa shape index (κ3) is 2.81. The highest BCUT2D eigenvalue weighted by atomic mass is 35.5. The largest absolute Gasteiger partial charge is 0.358 e. The van der Waals surface area contributed by atoms with Crippen molar-refractivity contribution in [2.24, 2.45) is 5.92 Å². The van der Waals surface area contributed by atoms with Gasteiger partial charge in [0.2, 0.25) is 0 Å². The molecule has 1 saturated carbocycles. The van der Waals surface area contributed by atoms with E-state index in [-0.39, 0.29) is 22.8 Å². The van der Waals surface area contributed by atoms with E-state index in [9.17, 15) is 14.9 Å². The number of H-pyrrole nitrogens is 1. The Balaban J connectivity index is 1.89. The fourth-order valence-electron chi connectivity index (χ4n) is 2.16. The van der Waals surface area contributed by atoms with E-state index in [0.29, 0.717) is 12.5 Å². The molecule has 0 radical (unpaired) electrons. The van der Waals surface area contributed by atoms with Gasteiger partial charge in [-0.15, -0.1) is 11.6 Å². The van der Waals surface area contributed by atoms with Gasteiger partial charge in [-0.2, -0.15) is 0 Å². The van der Waals surface area contributed by atoms with Crippen LogP contribution in [0.3, 0.4) is 0 Å². The third-order valence-electron chi connectivity index (χ3n) is 3.20. The molecule has 0 spiro atoms. The van der Waals surface area contributed by atoms with E-state index in [1.807, 2.05) is 0 Å². The van der Waals surface area contributed by atoms with Gasteiger partial charge in [0.1, 0.15) is 0 Å². The van der Waals surface area contributed by atoms with E-state index in [2.05, 4.69) is 10.3 Å². The summed E-state index contributed by atoms with van der Waals surface area (Å²) < 4.78 is 0. The lowest BCUT2D eigenvalue weighted by atomic mass is 10.1. The van der Waals surface area contributed by atoms with Crippen LogP contribution in [0.25, 0.3) is 0 Å². The quantitative estimate of drug-likeness (QED) is 0.499. The Bertz CT molecular complexity index is 460. The Labute approximate surface area is 109 Å². The first-order valence-corrected chi connectivity index (χ1v) is 6.27. The molecule has 2 N–H and O–H groups in total. The number of hydrogen-bond donors (Lipinski definition) is 2. The summed E-state index contributed by atoms with van der Waals surface area (Å²) in [6, 6.07) is 2.68. The van der Waals surface area contributed by atoms with Crippen molar-refractivity contribution in [2.45, 2.75) is 24.6 Å². The molecule has 1 amide bonds. The maximum Gasteiger partial charge on any atom is 0.321 e. The van der Waals surface area contributed by atoms with Gasteiger partial charge in [0, 0.05) is 18.0 Å². The highest BCUT2D eigenvalue weighted by molar-refractivity contribution is 6.21. The standard InChI is InChI=1S/C11H14ClN3O3/c12-8-3-1-2-7(8)6-13-11(16)9-4-5-10(14-9)15(17)18/h4-5,7-8,14H,1-3,6H2,(H,13,16). The number of rotatable bonds is 4. The lowest BCUT2D eigenvalue weighted by molar-refractivity contribution is -0.389. The predicted molar refractivity (Wildman–Crippen MR) is 66.8 cm³/mol. The van der Waals surface area contributed by atoms with Crippen LogP contribution in [0.2, 0.25) is 0 Å². The van der Waals surface area contributed by atoms with E-state index >= 15 is 0 Å². The molecule has 6 nitrogen and oxygen atoms in total. The Kier molecular flexibility index (Phi) is 3.86. The van der Waals surface area contributed by atoms with Crippen LogP contribution in [0.4, 0.5) is 5.82 Å². The topological polar surface area (TPSA) is 88.0 Å². The smallest absolute Gasteiger partial charge is 0.321 e. The van der Waals surface area contributed by atoms with Crippen molar-refractivity contribution in [2.75, 3.05) is 6.54 Å². The second-order valence-corrected chi connectivity index (χ2v) is 4.99. The SMILES string of the molecule is O=C(NCC1CCCC1Cl)c1ccc([N+](=O)[O-])[nH]1. The number of nitro groups is 1. The molecular formula is C11H14ClN3O3. The first kappa shape index (κ1) is 12.9. The zero-order valence-electron chi connectivity index (χ0n) is 9.69. The second kappa shape index (κ2) is 5.39. The average Bonchev–Trinajstić information content (AvgIpc) is 2.94. The first-order chi connectivity index (χ1) is 8.58. The highest BCUT2D eigenvalue weighted by Gasteiger charge is 2.26. The van der Waals surface area contributed by atoms with Crippen LogP contribution in [0.5, 0.6) is 0 Å². The molecule has 98 valence electrons. The number of aromatic nitrogens is 1. The van der Waals surface area contributed by atoms with E-state index < -0.39 is 4.92 Å². The molecule has 1 aliphatic carbocycles. The van der Waals surface area contributed by atoms with Crippen LogP contribution in [0.15, 0.2) is 12.1 Å². The molecule has 0 aromatic carbocycles. The molecule has 0 saturated heterocycles. The number of halogens is 1. The van der Waals surface area contributed by atoms with Crippen molar-refractivity contribution in [1.82, 2.24) is 10.3 Å². The van der Waals surface area contributed by atoms with Crippen molar-refractivity contribution in [3.8, 4) is 0 Å². The summed E-state index contributed by atoms with van der Waals surface area (Å²) in [6.45, 7) is 0.514. The van der Waals surface area contributed by atoms with Gasteiger partial charge in [0.05, 0.1) is 0 Å².